The molecule has 1 N–H and O–H groups in total. The predicted molar refractivity (Wildman–Crippen MR) is 61.2 cm³/mol. The van der Waals surface area contributed by atoms with E-state index >= 15 is 0 Å². The van der Waals surface area contributed by atoms with Gasteiger partial charge in [-0.05, 0) is 29.8 Å². The molecule has 0 atom stereocenters. The molecule has 0 aliphatic heterocycles. The largest absolute Gasteiger partial charge is 0.445 e. The highest BCUT2D eigenvalue weighted by molar-refractivity contribution is 5.84. The van der Waals surface area contributed by atoms with Gasteiger partial charge in [0.2, 0.25) is 0 Å². The molecule has 0 saturated carbocycles. The fourth-order valence-corrected chi connectivity index (χ4v) is 1.13. The van der Waals surface area contributed by atoms with E-state index in [-0.39, 0.29) is 6.61 Å². The van der Waals surface area contributed by atoms with Gasteiger partial charge in [-0.3, -0.25) is 5.32 Å². The number of carbonyl (C=O) groups is 1. The van der Waals surface area contributed by atoms with E-state index in [1.807, 2.05) is 0 Å². The van der Waals surface area contributed by atoms with Crippen LogP contribution >= 0.6 is 0 Å². The number of rotatable bonds is 5. The van der Waals surface area contributed by atoms with Gasteiger partial charge in [0.25, 0.3) is 0 Å². The molecule has 0 aromatic heterocycles. The average Bonchev–Trinajstić information content (AvgIpc) is 2.27. The summed E-state index contributed by atoms with van der Waals surface area (Å²) in [5, 5.41) is 2.58. The molecule has 16 heavy (non-hydrogen) atoms. The minimum Gasteiger partial charge on any atom is -0.445 e. The van der Waals surface area contributed by atoms with E-state index in [2.05, 4.69) is 18.0 Å². The number of anilines is 1. The Labute approximate surface area is 94.9 Å². The molecule has 1 rings (SSSR count). The van der Waals surface area contributed by atoms with E-state index < -0.39 is 6.09 Å². The highest BCUT2D eigenvalue weighted by atomic mass is 16.5. The molecule has 4 heteroatoms. The Morgan fingerprint density at radius 2 is 2.44 bits per heavy atom. The van der Waals surface area contributed by atoms with Gasteiger partial charge in [-0.2, -0.15) is 0 Å². The van der Waals surface area contributed by atoms with Crippen LogP contribution in [0.3, 0.4) is 0 Å². The van der Waals surface area contributed by atoms with E-state index in [4.69, 9.17) is 9.47 Å². The van der Waals surface area contributed by atoms with E-state index in [1.54, 1.807) is 25.3 Å². The SMILES string of the molecule is C=CCOC(=O)Nc1c[c]cc(COC)c1. The fraction of sp³-hybridized carbons (Fsp3) is 0.250. The van der Waals surface area contributed by atoms with Gasteiger partial charge in [-0.15, -0.1) is 0 Å². The smallest absolute Gasteiger partial charge is 0.411 e. The molecule has 0 fully saturated rings. The third kappa shape index (κ3) is 4.14. The van der Waals surface area contributed by atoms with Crippen LogP contribution in [0.2, 0.25) is 0 Å². The van der Waals surface area contributed by atoms with Crippen LogP contribution in [0.4, 0.5) is 10.5 Å². The second kappa shape index (κ2) is 6.63. The lowest BCUT2D eigenvalue weighted by Gasteiger charge is -2.06. The topological polar surface area (TPSA) is 47.6 Å². The minimum atomic E-state index is -0.511. The van der Waals surface area contributed by atoms with Crippen molar-refractivity contribution in [2.75, 3.05) is 19.0 Å². The van der Waals surface area contributed by atoms with Crippen molar-refractivity contribution in [3.63, 3.8) is 0 Å². The van der Waals surface area contributed by atoms with Gasteiger partial charge in [0, 0.05) is 12.8 Å². The summed E-state index contributed by atoms with van der Waals surface area (Å²) >= 11 is 0. The number of methoxy groups -OCH3 is 1. The molecule has 4 nitrogen and oxygen atoms in total. The van der Waals surface area contributed by atoms with Crippen molar-refractivity contribution in [3.05, 3.63) is 42.5 Å². The van der Waals surface area contributed by atoms with Gasteiger partial charge in [0.15, 0.2) is 0 Å². The first-order chi connectivity index (χ1) is 7.76. The molecular formula is C12H14NO3. The zero-order valence-electron chi connectivity index (χ0n) is 9.16. The Morgan fingerprint density at radius 1 is 1.62 bits per heavy atom. The lowest BCUT2D eigenvalue weighted by molar-refractivity contribution is 0.174. The number of nitrogens with one attached hydrogen (secondary N) is 1. The van der Waals surface area contributed by atoms with Gasteiger partial charge in [0.05, 0.1) is 6.61 Å². The standard InChI is InChI=1S/C12H14NO3/c1-3-7-16-12(14)13-11-6-4-5-10(8-11)9-15-2/h3,5-6,8H,1,7,9H2,2H3,(H,13,14). The van der Waals surface area contributed by atoms with Crippen molar-refractivity contribution in [1.29, 1.82) is 0 Å². The van der Waals surface area contributed by atoms with E-state index in [0.717, 1.165) is 5.56 Å². The van der Waals surface area contributed by atoms with E-state index in [1.165, 1.54) is 6.08 Å². The Bertz CT molecular complexity index is 363. The molecule has 0 aliphatic carbocycles. The number of hydrogen-bond acceptors (Lipinski definition) is 3. The summed E-state index contributed by atoms with van der Waals surface area (Å²) in [6, 6.07) is 8.16. The maximum absolute atomic E-state index is 11.2. The molecule has 0 unspecified atom stereocenters. The molecule has 0 saturated heterocycles. The van der Waals surface area contributed by atoms with Crippen molar-refractivity contribution in [2.24, 2.45) is 0 Å². The number of hydrogen-bond donors (Lipinski definition) is 1. The van der Waals surface area contributed by atoms with Crippen LogP contribution < -0.4 is 5.32 Å². The molecule has 0 spiro atoms. The van der Waals surface area contributed by atoms with Crippen molar-refractivity contribution in [3.8, 4) is 0 Å². The maximum Gasteiger partial charge on any atom is 0.411 e. The molecule has 85 valence electrons. The summed E-state index contributed by atoms with van der Waals surface area (Å²) in [4.78, 5) is 11.2. The van der Waals surface area contributed by atoms with Gasteiger partial charge in [-0.1, -0.05) is 12.7 Å². The van der Waals surface area contributed by atoms with Crippen LogP contribution in [0.15, 0.2) is 30.9 Å². The highest BCUT2D eigenvalue weighted by Crippen LogP contribution is 2.11. The van der Waals surface area contributed by atoms with Crippen LogP contribution in [0, 0.1) is 6.07 Å². The Kier molecular flexibility index (Phi) is 5.08. The molecule has 1 aromatic carbocycles. The summed E-state index contributed by atoms with van der Waals surface area (Å²) in [6.07, 6.45) is 0.996. The van der Waals surface area contributed by atoms with E-state index in [9.17, 15) is 4.79 Å². The van der Waals surface area contributed by atoms with Crippen molar-refractivity contribution < 1.29 is 14.3 Å². The van der Waals surface area contributed by atoms with Gasteiger partial charge < -0.3 is 9.47 Å². The third-order valence-corrected chi connectivity index (χ3v) is 1.74. The van der Waals surface area contributed by atoms with Crippen LogP contribution in [-0.2, 0) is 16.1 Å². The summed E-state index contributed by atoms with van der Waals surface area (Å²) < 4.78 is 9.76. The molecule has 1 amide bonds. The van der Waals surface area contributed by atoms with E-state index in [0.29, 0.717) is 12.3 Å². The molecule has 0 bridgehead atoms. The second-order valence-electron chi connectivity index (χ2n) is 3.08. The van der Waals surface area contributed by atoms with Crippen molar-refractivity contribution in [1.82, 2.24) is 0 Å². The third-order valence-electron chi connectivity index (χ3n) is 1.74. The summed E-state index contributed by atoms with van der Waals surface area (Å²) in [6.45, 7) is 4.12. The minimum absolute atomic E-state index is 0.188. The molecule has 1 radical (unpaired) electrons. The van der Waals surface area contributed by atoms with Crippen molar-refractivity contribution in [2.45, 2.75) is 6.61 Å². The molecule has 1 aromatic rings. The number of ether oxygens (including phenoxy) is 2. The lowest BCUT2D eigenvalue weighted by Crippen LogP contribution is -2.13. The zero-order chi connectivity index (χ0) is 11.8. The Morgan fingerprint density at radius 3 is 3.12 bits per heavy atom. The monoisotopic (exact) mass is 220 g/mol. The highest BCUT2D eigenvalue weighted by Gasteiger charge is 2.02. The number of carbonyl (C=O) groups excluding carboxylic acids is 1. The first-order valence-electron chi connectivity index (χ1n) is 4.80. The van der Waals surface area contributed by atoms with Crippen molar-refractivity contribution >= 4 is 11.8 Å². The van der Waals surface area contributed by atoms with Crippen LogP contribution in [-0.4, -0.2) is 19.8 Å². The van der Waals surface area contributed by atoms with Crippen LogP contribution in [0.5, 0.6) is 0 Å². The van der Waals surface area contributed by atoms with Crippen LogP contribution in [0.1, 0.15) is 5.56 Å². The molecule has 0 heterocycles. The fourth-order valence-electron chi connectivity index (χ4n) is 1.13. The number of benzene rings is 1. The first kappa shape index (κ1) is 12.3. The van der Waals surface area contributed by atoms with Gasteiger partial charge >= 0.3 is 6.09 Å². The Hall–Kier alpha value is -1.81. The quantitative estimate of drug-likeness (QED) is 0.775. The number of amides is 1. The van der Waals surface area contributed by atoms with Gasteiger partial charge in [-0.25, -0.2) is 4.79 Å². The second-order valence-corrected chi connectivity index (χ2v) is 3.08. The zero-order valence-corrected chi connectivity index (χ0v) is 9.16. The van der Waals surface area contributed by atoms with Gasteiger partial charge in [0.1, 0.15) is 6.61 Å². The molecular weight excluding hydrogens is 206 g/mol. The normalized spacial score (nSPS) is 9.56. The average molecular weight is 220 g/mol. The predicted octanol–water partition coefficient (Wildman–Crippen LogP) is 2.37. The summed E-state index contributed by atoms with van der Waals surface area (Å²) in [5.74, 6) is 0. The molecule has 0 aliphatic rings. The lowest BCUT2D eigenvalue weighted by atomic mass is 10.2. The van der Waals surface area contributed by atoms with Crippen LogP contribution in [0.25, 0.3) is 0 Å². The summed E-state index contributed by atoms with van der Waals surface area (Å²) in [7, 11) is 1.61. The first-order valence-corrected chi connectivity index (χ1v) is 4.80. The Balaban J connectivity index is 2.55. The maximum atomic E-state index is 11.2. The summed E-state index contributed by atoms with van der Waals surface area (Å²) in [5.41, 5.74) is 1.56.